The van der Waals surface area contributed by atoms with Gasteiger partial charge in [0.1, 0.15) is 0 Å². The molecule has 2 rings (SSSR count). The van der Waals surface area contributed by atoms with Crippen LogP contribution in [-0.4, -0.2) is 12.5 Å². The second-order valence-corrected chi connectivity index (χ2v) is 5.77. The number of rotatable bonds is 5. The number of amides is 1. The van der Waals surface area contributed by atoms with Crippen molar-refractivity contribution in [3.8, 4) is 0 Å². The molecule has 2 N–H and O–H groups in total. The summed E-state index contributed by atoms with van der Waals surface area (Å²) in [5, 5.41) is 5.97. The van der Waals surface area contributed by atoms with Gasteiger partial charge < -0.3 is 10.6 Å². The normalized spacial score (nSPS) is 11.2. The molecule has 0 spiro atoms. The van der Waals surface area contributed by atoms with Crippen LogP contribution in [0.15, 0.2) is 42.5 Å². The highest BCUT2D eigenvalue weighted by Crippen LogP contribution is 2.33. The molecular weight excluding hydrogens is 364 g/mol. The zero-order valence-corrected chi connectivity index (χ0v) is 13.8. The summed E-state index contributed by atoms with van der Waals surface area (Å²) in [6.07, 6.45) is -4.45. The lowest BCUT2D eigenvalue weighted by molar-refractivity contribution is -0.137. The lowest BCUT2D eigenvalue weighted by atomic mass is 10.2. The van der Waals surface area contributed by atoms with Crippen molar-refractivity contribution in [3.63, 3.8) is 0 Å². The quantitative estimate of drug-likeness (QED) is 0.727. The Morgan fingerprint density at radius 1 is 1.08 bits per heavy atom. The fourth-order valence-corrected chi connectivity index (χ4v) is 2.28. The van der Waals surface area contributed by atoms with E-state index in [0.717, 1.165) is 23.9 Å². The Labute approximate surface area is 146 Å². The van der Waals surface area contributed by atoms with E-state index in [1.165, 1.54) is 0 Å². The van der Waals surface area contributed by atoms with E-state index in [1.54, 1.807) is 24.3 Å². The number of hydrogen-bond donors (Lipinski definition) is 2. The van der Waals surface area contributed by atoms with Crippen molar-refractivity contribution < 1.29 is 18.0 Å². The van der Waals surface area contributed by atoms with Gasteiger partial charge in [-0.1, -0.05) is 29.3 Å². The van der Waals surface area contributed by atoms with Gasteiger partial charge in [-0.15, -0.1) is 0 Å². The van der Waals surface area contributed by atoms with E-state index >= 15 is 0 Å². The van der Waals surface area contributed by atoms with E-state index in [9.17, 15) is 18.0 Å². The second-order valence-electron chi connectivity index (χ2n) is 4.93. The molecular formula is C16H13Cl2F3N2O. The molecule has 0 saturated heterocycles. The van der Waals surface area contributed by atoms with Gasteiger partial charge in [0.2, 0.25) is 5.91 Å². The van der Waals surface area contributed by atoms with Gasteiger partial charge in [0.25, 0.3) is 0 Å². The van der Waals surface area contributed by atoms with Crippen LogP contribution in [-0.2, 0) is 11.0 Å². The monoisotopic (exact) mass is 376 g/mol. The van der Waals surface area contributed by atoms with Crippen LogP contribution in [0.3, 0.4) is 0 Å². The lowest BCUT2D eigenvalue weighted by Gasteiger charge is -2.12. The van der Waals surface area contributed by atoms with Gasteiger partial charge in [0.15, 0.2) is 0 Å². The van der Waals surface area contributed by atoms with E-state index in [0.29, 0.717) is 11.6 Å². The zero-order chi connectivity index (χ0) is 17.7. The Balaban J connectivity index is 1.92. The summed E-state index contributed by atoms with van der Waals surface area (Å²) in [6.45, 7) is 0.294. The van der Waals surface area contributed by atoms with Gasteiger partial charge in [-0.3, -0.25) is 4.79 Å². The van der Waals surface area contributed by atoms with Crippen LogP contribution in [0, 0.1) is 0 Å². The smallest absolute Gasteiger partial charge is 0.384 e. The molecule has 0 aliphatic carbocycles. The van der Waals surface area contributed by atoms with Crippen molar-refractivity contribution in [2.24, 2.45) is 0 Å². The molecule has 2 aromatic rings. The molecule has 0 bridgehead atoms. The summed E-state index contributed by atoms with van der Waals surface area (Å²) in [4.78, 5) is 11.9. The minimum absolute atomic E-state index is 0.0409. The third-order valence-corrected chi connectivity index (χ3v) is 3.64. The van der Waals surface area contributed by atoms with E-state index < -0.39 is 17.6 Å². The summed E-state index contributed by atoms with van der Waals surface area (Å²) in [7, 11) is 0. The largest absolute Gasteiger partial charge is 0.416 e. The van der Waals surface area contributed by atoms with Crippen LogP contribution in [0.1, 0.15) is 12.0 Å². The van der Waals surface area contributed by atoms with Gasteiger partial charge in [-0.25, -0.2) is 0 Å². The topological polar surface area (TPSA) is 41.1 Å². The van der Waals surface area contributed by atoms with Gasteiger partial charge in [-0.2, -0.15) is 13.2 Å². The maximum Gasteiger partial charge on any atom is 0.416 e. The number of benzene rings is 2. The first-order chi connectivity index (χ1) is 11.3. The number of halogens is 5. The summed E-state index contributed by atoms with van der Waals surface area (Å²) in [6, 6.07) is 9.73. The molecule has 1 amide bonds. The summed E-state index contributed by atoms with van der Waals surface area (Å²) in [5.41, 5.74) is -0.203. The van der Waals surface area contributed by atoms with Gasteiger partial charge in [0.05, 0.1) is 16.3 Å². The van der Waals surface area contributed by atoms with Crippen LogP contribution in [0.4, 0.5) is 24.5 Å². The third-order valence-electron chi connectivity index (χ3n) is 3.07. The molecule has 8 heteroatoms. The van der Waals surface area contributed by atoms with E-state index in [4.69, 9.17) is 23.2 Å². The molecule has 2 aromatic carbocycles. The minimum atomic E-state index is -4.50. The maximum atomic E-state index is 12.7. The molecule has 0 radical (unpaired) electrons. The van der Waals surface area contributed by atoms with Crippen molar-refractivity contribution in [2.45, 2.75) is 12.6 Å². The highest BCUT2D eigenvalue weighted by molar-refractivity contribution is 6.33. The van der Waals surface area contributed by atoms with Crippen molar-refractivity contribution >= 4 is 40.5 Å². The number of alkyl halides is 3. The average molecular weight is 377 g/mol. The Hall–Kier alpha value is -1.92. The summed E-state index contributed by atoms with van der Waals surface area (Å²) in [5.74, 6) is -0.453. The number of hydrogen-bond acceptors (Lipinski definition) is 2. The maximum absolute atomic E-state index is 12.7. The molecule has 0 fully saturated rings. The second kappa shape index (κ2) is 7.77. The molecule has 0 aromatic heterocycles. The van der Waals surface area contributed by atoms with Crippen molar-refractivity contribution in [1.29, 1.82) is 0 Å². The van der Waals surface area contributed by atoms with Crippen molar-refractivity contribution in [3.05, 3.63) is 58.1 Å². The fourth-order valence-electron chi connectivity index (χ4n) is 1.93. The SMILES string of the molecule is O=C(CCNc1cccc(Cl)c1)Nc1cc(C(F)(F)F)ccc1Cl. The molecule has 0 unspecified atom stereocenters. The van der Waals surface area contributed by atoms with Crippen LogP contribution < -0.4 is 10.6 Å². The molecule has 0 saturated carbocycles. The van der Waals surface area contributed by atoms with E-state index in [1.807, 2.05) is 0 Å². The highest BCUT2D eigenvalue weighted by Gasteiger charge is 2.31. The number of carbonyl (C=O) groups is 1. The number of nitrogens with one attached hydrogen (secondary N) is 2. The fraction of sp³-hybridized carbons (Fsp3) is 0.188. The molecule has 3 nitrogen and oxygen atoms in total. The van der Waals surface area contributed by atoms with Gasteiger partial charge in [-0.05, 0) is 36.4 Å². The first-order valence-corrected chi connectivity index (χ1v) is 7.67. The van der Waals surface area contributed by atoms with Gasteiger partial charge >= 0.3 is 6.18 Å². The molecule has 128 valence electrons. The van der Waals surface area contributed by atoms with E-state index in [-0.39, 0.29) is 17.1 Å². The summed E-state index contributed by atoms with van der Waals surface area (Å²) >= 11 is 11.7. The minimum Gasteiger partial charge on any atom is -0.384 e. The van der Waals surface area contributed by atoms with Crippen molar-refractivity contribution in [1.82, 2.24) is 0 Å². The molecule has 0 aliphatic rings. The van der Waals surface area contributed by atoms with Gasteiger partial charge in [0, 0.05) is 23.7 Å². The molecule has 0 atom stereocenters. The van der Waals surface area contributed by atoms with E-state index in [2.05, 4.69) is 10.6 Å². The lowest BCUT2D eigenvalue weighted by Crippen LogP contribution is -2.17. The third kappa shape index (κ3) is 5.32. The Morgan fingerprint density at radius 2 is 1.83 bits per heavy atom. The molecule has 0 heterocycles. The number of carbonyl (C=O) groups excluding carboxylic acids is 1. The standard InChI is InChI=1S/C16H13Cl2F3N2O/c17-11-2-1-3-12(9-11)22-7-6-15(24)23-14-8-10(16(19,20)21)4-5-13(14)18/h1-5,8-9,22H,6-7H2,(H,23,24). The average Bonchev–Trinajstić information content (AvgIpc) is 2.48. The Bertz CT molecular complexity index is 736. The van der Waals surface area contributed by atoms with Crippen LogP contribution >= 0.6 is 23.2 Å². The van der Waals surface area contributed by atoms with Crippen LogP contribution in [0.25, 0.3) is 0 Å². The molecule has 0 aliphatic heterocycles. The Morgan fingerprint density at radius 3 is 2.50 bits per heavy atom. The molecule has 24 heavy (non-hydrogen) atoms. The Kier molecular flexibility index (Phi) is 5.96. The number of anilines is 2. The highest BCUT2D eigenvalue weighted by atomic mass is 35.5. The predicted molar refractivity (Wildman–Crippen MR) is 89.6 cm³/mol. The van der Waals surface area contributed by atoms with Crippen LogP contribution in [0.5, 0.6) is 0 Å². The van der Waals surface area contributed by atoms with Crippen LogP contribution in [0.2, 0.25) is 10.0 Å². The van der Waals surface area contributed by atoms with Crippen molar-refractivity contribution in [2.75, 3.05) is 17.2 Å². The summed E-state index contributed by atoms with van der Waals surface area (Å²) < 4.78 is 38.1. The first-order valence-electron chi connectivity index (χ1n) is 6.92. The first kappa shape index (κ1) is 18.4. The zero-order valence-electron chi connectivity index (χ0n) is 12.3. The predicted octanol–water partition coefficient (Wildman–Crippen LogP) is 5.45.